The Hall–Kier alpha value is -1.82. The van der Waals surface area contributed by atoms with Crippen molar-refractivity contribution in [3.05, 3.63) is 76.4 Å². The molecule has 0 N–H and O–H groups in total. The molecule has 0 fully saturated rings. The van der Waals surface area contributed by atoms with E-state index in [4.69, 9.17) is 0 Å². The van der Waals surface area contributed by atoms with Crippen LogP contribution in [0.2, 0.25) is 0 Å². The molecule has 2 aromatic rings. The summed E-state index contributed by atoms with van der Waals surface area (Å²) in [5.74, 6) is 0.485. The Morgan fingerprint density at radius 3 is 2.58 bits per heavy atom. The Bertz CT molecular complexity index is 662. The molecule has 96 valence electrons. The first-order chi connectivity index (χ1) is 9.08. The number of fused-ring (bicyclic) bond motifs is 2. The molecule has 0 bridgehead atoms. The Morgan fingerprint density at radius 2 is 1.84 bits per heavy atom. The summed E-state index contributed by atoms with van der Waals surface area (Å²) in [6.45, 7) is 10.7. The van der Waals surface area contributed by atoms with Crippen molar-refractivity contribution in [1.82, 2.24) is 0 Å². The van der Waals surface area contributed by atoms with Crippen molar-refractivity contribution in [2.24, 2.45) is 0 Å². The number of rotatable bonds is 1. The number of aryl methyl sites for hydroxylation is 1. The molecule has 0 aliphatic heterocycles. The van der Waals surface area contributed by atoms with Crippen LogP contribution in [0.3, 0.4) is 0 Å². The molecule has 19 heavy (non-hydrogen) atoms. The van der Waals surface area contributed by atoms with Gasteiger partial charge in [-0.05, 0) is 53.6 Å². The smallest absolute Gasteiger partial charge is 0.00669 e. The van der Waals surface area contributed by atoms with Crippen LogP contribution in [0.25, 0.3) is 5.57 Å². The Balaban J connectivity index is 2.18. The van der Waals surface area contributed by atoms with Gasteiger partial charge in [0, 0.05) is 5.92 Å². The van der Waals surface area contributed by atoms with Gasteiger partial charge in [-0.2, -0.15) is 0 Å². The van der Waals surface area contributed by atoms with Crippen molar-refractivity contribution in [1.29, 1.82) is 0 Å². The van der Waals surface area contributed by atoms with Crippen LogP contribution >= 0.6 is 0 Å². The van der Waals surface area contributed by atoms with E-state index >= 15 is 0 Å². The van der Waals surface area contributed by atoms with Gasteiger partial charge in [-0.1, -0.05) is 55.5 Å². The van der Waals surface area contributed by atoms with E-state index in [9.17, 15) is 0 Å². The number of hydrogen-bond donors (Lipinski definition) is 0. The van der Waals surface area contributed by atoms with E-state index in [2.05, 4.69) is 63.7 Å². The molecule has 0 nitrogen and oxygen atoms in total. The minimum absolute atomic E-state index is 0.485. The SMILES string of the molecule is C=C(C)c1cc2c(cc1C)Cc1ccccc1C2C. The third kappa shape index (κ3) is 1.92. The van der Waals surface area contributed by atoms with Crippen molar-refractivity contribution >= 4 is 5.57 Å². The van der Waals surface area contributed by atoms with Gasteiger partial charge < -0.3 is 0 Å². The standard InChI is InChI=1S/C19H20/c1-12(2)18-11-19-14(4)17-8-6-5-7-15(17)10-16(19)9-13(18)3/h5-9,11,14H,1,10H2,2-4H3. The van der Waals surface area contributed by atoms with Crippen LogP contribution in [-0.2, 0) is 6.42 Å². The first-order valence-corrected chi connectivity index (χ1v) is 6.95. The predicted octanol–water partition coefficient (Wildman–Crippen LogP) is 5.08. The summed E-state index contributed by atoms with van der Waals surface area (Å²) in [6.07, 6.45) is 1.06. The monoisotopic (exact) mass is 248 g/mol. The number of benzene rings is 2. The summed E-state index contributed by atoms with van der Waals surface area (Å²) < 4.78 is 0. The van der Waals surface area contributed by atoms with Crippen molar-refractivity contribution < 1.29 is 0 Å². The van der Waals surface area contributed by atoms with Gasteiger partial charge in [0.15, 0.2) is 0 Å². The highest BCUT2D eigenvalue weighted by Gasteiger charge is 2.22. The highest BCUT2D eigenvalue weighted by atomic mass is 14.3. The van der Waals surface area contributed by atoms with Crippen molar-refractivity contribution in [2.45, 2.75) is 33.1 Å². The van der Waals surface area contributed by atoms with Crippen molar-refractivity contribution in [3.8, 4) is 0 Å². The molecule has 2 aromatic carbocycles. The molecule has 0 saturated carbocycles. The molecule has 0 amide bonds. The van der Waals surface area contributed by atoms with E-state index < -0.39 is 0 Å². The minimum Gasteiger partial charge on any atom is -0.0955 e. The van der Waals surface area contributed by atoms with Crippen LogP contribution in [0, 0.1) is 6.92 Å². The van der Waals surface area contributed by atoms with Gasteiger partial charge in [0.05, 0.1) is 0 Å². The van der Waals surface area contributed by atoms with Gasteiger partial charge in [0.2, 0.25) is 0 Å². The van der Waals surface area contributed by atoms with Crippen LogP contribution in [0.4, 0.5) is 0 Å². The van der Waals surface area contributed by atoms with E-state index in [1.54, 1.807) is 0 Å². The van der Waals surface area contributed by atoms with Gasteiger partial charge >= 0.3 is 0 Å². The fraction of sp³-hybridized carbons (Fsp3) is 0.263. The minimum atomic E-state index is 0.485. The molecule has 1 unspecified atom stereocenters. The zero-order valence-electron chi connectivity index (χ0n) is 12.0. The first-order valence-electron chi connectivity index (χ1n) is 6.95. The maximum Gasteiger partial charge on any atom is 0.00669 e. The molecular formula is C19H20. The second-order valence-corrected chi connectivity index (χ2v) is 5.74. The lowest BCUT2D eigenvalue weighted by Crippen LogP contribution is -2.12. The average molecular weight is 248 g/mol. The van der Waals surface area contributed by atoms with Gasteiger partial charge in [-0.15, -0.1) is 0 Å². The van der Waals surface area contributed by atoms with E-state index in [1.165, 1.54) is 33.4 Å². The maximum absolute atomic E-state index is 4.10. The van der Waals surface area contributed by atoms with Crippen molar-refractivity contribution in [3.63, 3.8) is 0 Å². The molecule has 0 radical (unpaired) electrons. The van der Waals surface area contributed by atoms with E-state index in [0.717, 1.165) is 12.0 Å². The second kappa shape index (κ2) is 4.38. The summed E-state index contributed by atoms with van der Waals surface area (Å²) in [4.78, 5) is 0. The Kier molecular flexibility index (Phi) is 2.82. The molecule has 0 spiro atoms. The molecular weight excluding hydrogens is 228 g/mol. The summed E-state index contributed by atoms with van der Waals surface area (Å²) in [5, 5.41) is 0. The molecule has 1 atom stereocenters. The highest BCUT2D eigenvalue weighted by Crippen LogP contribution is 2.38. The number of allylic oxidation sites excluding steroid dienone is 1. The first kappa shape index (κ1) is 12.2. The summed E-state index contributed by atoms with van der Waals surface area (Å²) in [5.41, 5.74) is 9.72. The summed E-state index contributed by atoms with van der Waals surface area (Å²) in [7, 11) is 0. The predicted molar refractivity (Wildman–Crippen MR) is 82.7 cm³/mol. The molecule has 0 heterocycles. The van der Waals surface area contributed by atoms with Crippen LogP contribution in [0.15, 0.2) is 43.0 Å². The van der Waals surface area contributed by atoms with E-state index in [-0.39, 0.29) is 0 Å². The van der Waals surface area contributed by atoms with Crippen LogP contribution in [0.1, 0.15) is 53.1 Å². The summed E-state index contributed by atoms with van der Waals surface area (Å²) in [6, 6.07) is 13.5. The third-order valence-corrected chi connectivity index (χ3v) is 4.32. The van der Waals surface area contributed by atoms with Crippen LogP contribution in [0.5, 0.6) is 0 Å². The highest BCUT2D eigenvalue weighted by molar-refractivity contribution is 5.67. The normalized spacial score (nSPS) is 16.7. The molecule has 0 aromatic heterocycles. The lowest BCUT2D eigenvalue weighted by atomic mass is 9.77. The van der Waals surface area contributed by atoms with Gasteiger partial charge in [0.1, 0.15) is 0 Å². The molecule has 1 aliphatic rings. The lowest BCUT2D eigenvalue weighted by Gasteiger charge is -2.27. The van der Waals surface area contributed by atoms with E-state index in [0.29, 0.717) is 5.92 Å². The van der Waals surface area contributed by atoms with Crippen LogP contribution < -0.4 is 0 Å². The van der Waals surface area contributed by atoms with E-state index in [1.807, 2.05) is 0 Å². The summed E-state index contributed by atoms with van der Waals surface area (Å²) >= 11 is 0. The fourth-order valence-corrected chi connectivity index (χ4v) is 3.29. The van der Waals surface area contributed by atoms with Gasteiger partial charge in [-0.3, -0.25) is 0 Å². The van der Waals surface area contributed by atoms with Gasteiger partial charge in [-0.25, -0.2) is 0 Å². The van der Waals surface area contributed by atoms with Gasteiger partial charge in [0.25, 0.3) is 0 Å². The zero-order valence-corrected chi connectivity index (χ0v) is 12.0. The van der Waals surface area contributed by atoms with Crippen molar-refractivity contribution in [2.75, 3.05) is 0 Å². The second-order valence-electron chi connectivity index (χ2n) is 5.74. The molecule has 0 saturated heterocycles. The lowest BCUT2D eigenvalue weighted by molar-refractivity contribution is 0.843. The Labute approximate surface area is 115 Å². The average Bonchev–Trinajstić information content (AvgIpc) is 2.38. The fourth-order valence-electron chi connectivity index (χ4n) is 3.29. The topological polar surface area (TPSA) is 0 Å². The Morgan fingerprint density at radius 1 is 1.11 bits per heavy atom. The van der Waals surface area contributed by atoms with Crippen LogP contribution in [-0.4, -0.2) is 0 Å². The third-order valence-electron chi connectivity index (χ3n) is 4.32. The maximum atomic E-state index is 4.10. The molecule has 3 rings (SSSR count). The molecule has 1 aliphatic carbocycles. The number of hydrogen-bond acceptors (Lipinski definition) is 0. The largest absolute Gasteiger partial charge is 0.0955 e. The quantitative estimate of drug-likeness (QED) is 0.660. The zero-order chi connectivity index (χ0) is 13.6. The molecule has 0 heteroatoms.